The van der Waals surface area contributed by atoms with Gasteiger partial charge in [0.05, 0.1) is 0 Å². The molecule has 1 nitrogen and oxygen atoms in total. The number of unbranched alkanes of at least 4 members (excludes halogenated alkanes) is 3. The van der Waals surface area contributed by atoms with Gasteiger partial charge in [0.2, 0.25) is 0 Å². The maximum absolute atomic E-state index is 7.05. The van der Waals surface area contributed by atoms with Gasteiger partial charge >= 0.3 is 213 Å². The second-order valence-electron chi connectivity index (χ2n) is 14.2. The van der Waals surface area contributed by atoms with E-state index in [4.69, 9.17) is 4.43 Å². The third-order valence-electron chi connectivity index (χ3n) is 7.97. The summed E-state index contributed by atoms with van der Waals surface area (Å²) in [7, 11) is -4.56. The molecule has 0 aromatic heterocycles. The summed E-state index contributed by atoms with van der Waals surface area (Å²) in [6.07, 6.45) is 10.9. The van der Waals surface area contributed by atoms with Crippen molar-refractivity contribution in [3.63, 3.8) is 0 Å². The number of hydrogen-bond donors (Lipinski definition) is 0. The van der Waals surface area contributed by atoms with Crippen LogP contribution in [0.2, 0.25) is 75.9 Å². The van der Waals surface area contributed by atoms with Crippen LogP contribution in [-0.2, 0) is 4.43 Å². The van der Waals surface area contributed by atoms with Crippen molar-refractivity contribution in [1.82, 2.24) is 0 Å². The third kappa shape index (κ3) is 9.93. The molecule has 0 aliphatic rings. The Morgan fingerprint density at radius 2 is 1.06 bits per heavy atom. The zero-order chi connectivity index (χ0) is 25.4. The fourth-order valence-electron chi connectivity index (χ4n) is 5.47. The first-order valence-electron chi connectivity index (χ1n) is 13.8. The van der Waals surface area contributed by atoms with E-state index in [1.807, 2.05) is 3.59 Å². The molecule has 0 fully saturated rings. The topological polar surface area (TPSA) is 9.23 Å². The van der Waals surface area contributed by atoms with E-state index in [0.717, 1.165) is 5.16 Å². The molecule has 0 saturated carbocycles. The van der Waals surface area contributed by atoms with Crippen LogP contribution in [0.1, 0.15) is 80.1 Å². The van der Waals surface area contributed by atoms with Gasteiger partial charge in [0.15, 0.2) is 0 Å². The molecule has 5 heteroatoms. The summed E-state index contributed by atoms with van der Waals surface area (Å²) >= 11 is -2.59. The number of hydrogen-bond acceptors (Lipinski definition) is 1. The first kappa shape index (κ1) is 33.0. The van der Waals surface area contributed by atoms with Crippen LogP contribution in [0.15, 0.2) is 9.85 Å². The molecular formula is C27H62OSi3Sn. The average molecular weight is 606 g/mol. The molecule has 0 amide bonds. The zero-order valence-corrected chi connectivity index (χ0v) is 30.8. The monoisotopic (exact) mass is 606 g/mol. The van der Waals surface area contributed by atoms with Crippen LogP contribution in [0.3, 0.4) is 0 Å². The quantitative estimate of drug-likeness (QED) is 0.133. The van der Waals surface area contributed by atoms with E-state index in [2.05, 4.69) is 100 Å². The Bertz CT molecular complexity index is 529. The zero-order valence-electron chi connectivity index (χ0n) is 24.9. The predicted molar refractivity (Wildman–Crippen MR) is 162 cm³/mol. The van der Waals surface area contributed by atoms with E-state index in [0.29, 0.717) is 0 Å². The van der Waals surface area contributed by atoms with Crippen molar-refractivity contribution in [2.24, 2.45) is 0 Å². The molecule has 0 heterocycles. The third-order valence-corrected chi connectivity index (χ3v) is 39.1. The van der Waals surface area contributed by atoms with E-state index >= 15 is 0 Å². The van der Waals surface area contributed by atoms with Crippen LogP contribution < -0.4 is 0 Å². The minimum atomic E-state index is -2.59. The second kappa shape index (κ2) is 13.3. The van der Waals surface area contributed by atoms with Crippen LogP contribution in [0.4, 0.5) is 0 Å². The van der Waals surface area contributed by atoms with Crippen LogP contribution in [-0.4, -0.2) is 42.8 Å². The van der Waals surface area contributed by atoms with Crippen LogP contribution in [0.5, 0.6) is 0 Å². The summed E-state index contributed by atoms with van der Waals surface area (Å²) < 4.78 is 13.7. The number of allylic oxidation sites excluding steroid dienone is 1. The van der Waals surface area contributed by atoms with Crippen LogP contribution >= 0.6 is 0 Å². The fourth-order valence-corrected chi connectivity index (χ4v) is 46.6. The van der Waals surface area contributed by atoms with Gasteiger partial charge in [-0.1, -0.05) is 0 Å². The molecule has 0 unspecified atom stereocenters. The predicted octanol–water partition coefficient (Wildman–Crippen LogP) is 10.9. The first-order chi connectivity index (χ1) is 14.4. The van der Waals surface area contributed by atoms with Gasteiger partial charge in [0.25, 0.3) is 0 Å². The Morgan fingerprint density at radius 1 is 0.719 bits per heavy atom. The van der Waals surface area contributed by atoms with Crippen molar-refractivity contribution in [3.8, 4) is 0 Å². The minimum absolute atomic E-state index is 0.261. The van der Waals surface area contributed by atoms with E-state index in [9.17, 15) is 0 Å². The molecule has 0 spiro atoms. The van der Waals surface area contributed by atoms with Crippen LogP contribution in [0, 0.1) is 0 Å². The van der Waals surface area contributed by atoms with Crippen molar-refractivity contribution >= 4 is 42.8 Å². The molecule has 0 aliphatic heterocycles. The molecule has 0 rings (SSSR count). The summed E-state index contributed by atoms with van der Waals surface area (Å²) in [6.45, 7) is 35.2. The molecule has 0 aliphatic carbocycles. The van der Waals surface area contributed by atoms with Crippen LogP contribution in [0.25, 0.3) is 0 Å². The maximum atomic E-state index is 7.05. The van der Waals surface area contributed by atoms with Gasteiger partial charge in [-0.05, 0) is 0 Å². The van der Waals surface area contributed by atoms with Gasteiger partial charge in [0.1, 0.15) is 0 Å². The Balaban J connectivity index is 6.98. The normalized spacial score (nSPS) is 14.9. The average Bonchev–Trinajstić information content (AvgIpc) is 2.61. The van der Waals surface area contributed by atoms with Crippen molar-refractivity contribution in [3.05, 3.63) is 9.85 Å². The van der Waals surface area contributed by atoms with Crippen molar-refractivity contribution in [1.29, 1.82) is 0 Å². The van der Waals surface area contributed by atoms with E-state index in [1.54, 1.807) is 13.3 Å². The molecule has 0 bridgehead atoms. The van der Waals surface area contributed by atoms with E-state index in [-0.39, 0.29) is 5.04 Å². The molecule has 0 N–H and O–H groups in total. The summed E-state index contributed by atoms with van der Waals surface area (Å²) in [5.74, 6) is 0. The van der Waals surface area contributed by atoms with Gasteiger partial charge in [0, 0.05) is 0 Å². The van der Waals surface area contributed by atoms with Crippen molar-refractivity contribution < 1.29 is 4.43 Å². The Labute approximate surface area is 212 Å². The molecule has 32 heavy (non-hydrogen) atoms. The van der Waals surface area contributed by atoms with E-state index in [1.165, 1.54) is 38.5 Å². The second-order valence-corrected chi connectivity index (χ2v) is 43.4. The SMILES string of the molecule is CCC[CH2][Sn]([CH2]CCC)([CH2]CCC)/[C](=C/O[Si](C)(C)C(C)(C)C)C([Si](C)(C)C)[Si](C)(C)C. The fraction of sp³-hybridized carbons (Fsp3) is 0.926. The van der Waals surface area contributed by atoms with Gasteiger partial charge in [-0.15, -0.1) is 0 Å². The molecule has 192 valence electrons. The summed E-state index contributed by atoms with van der Waals surface area (Å²) in [6, 6.07) is 0. The van der Waals surface area contributed by atoms with Gasteiger partial charge in [-0.3, -0.25) is 0 Å². The molecule has 0 radical (unpaired) electrons. The molecular weight excluding hydrogens is 543 g/mol. The number of rotatable bonds is 15. The van der Waals surface area contributed by atoms with Gasteiger partial charge < -0.3 is 0 Å². The Hall–Kier alpha value is 0.989. The van der Waals surface area contributed by atoms with Crippen molar-refractivity contribution in [2.45, 2.75) is 156 Å². The summed E-state index contributed by atoms with van der Waals surface area (Å²) in [4.78, 5) is 0. The molecule has 0 atom stereocenters. The van der Waals surface area contributed by atoms with E-state index < -0.39 is 42.8 Å². The first-order valence-corrected chi connectivity index (χ1v) is 31.3. The molecule has 0 aromatic carbocycles. The molecule has 0 aromatic rings. The van der Waals surface area contributed by atoms with Gasteiger partial charge in [-0.25, -0.2) is 0 Å². The Morgan fingerprint density at radius 3 is 1.31 bits per heavy atom. The molecule has 0 saturated heterocycles. The summed E-state index contributed by atoms with van der Waals surface area (Å²) in [5.41, 5.74) is 0. The standard InChI is InChI=1S/C15H35OSi3.3C4H9.Sn/c1-15(2,3)19(10,11)16-13-12-14(17(4,5)6)18(7,8)9;3*1-3-4-2;/h13-14H,1-11H3;3*1,3-4H2,2H3;. The summed E-state index contributed by atoms with van der Waals surface area (Å²) in [5, 5.41) is 1.12. The van der Waals surface area contributed by atoms with Crippen molar-refractivity contribution in [2.75, 3.05) is 0 Å². The van der Waals surface area contributed by atoms with Gasteiger partial charge in [-0.2, -0.15) is 0 Å². The Kier molecular flexibility index (Phi) is 13.8.